The summed E-state index contributed by atoms with van der Waals surface area (Å²) >= 11 is 0. The Morgan fingerprint density at radius 3 is 2.71 bits per heavy atom. The van der Waals surface area contributed by atoms with E-state index >= 15 is 0 Å². The lowest BCUT2D eigenvalue weighted by Gasteiger charge is -2.24. The number of carbonyl (C=O) groups is 1. The Bertz CT molecular complexity index is 678. The van der Waals surface area contributed by atoms with Crippen molar-refractivity contribution in [1.82, 2.24) is 15.4 Å². The molecule has 1 aromatic heterocycles. The second-order valence-corrected chi connectivity index (χ2v) is 6.12. The van der Waals surface area contributed by atoms with Gasteiger partial charge in [-0.2, -0.15) is 0 Å². The predicted octanol–water partition coefficient (Wildman–Crippen LogP) is 2.78. The van der Waals surface area contributed by atoms with Crippen LogP contribution < -0.4 is 5.32 Å². The fourth-order valence-electron chi connectivity index (χ4n) is 2.79. The number of hydrogen-bond acceptors (Lipinski definition) is 4. The van der Waals surface area contributed by atoms with E-state index in [1.54, 1.807) is 31.1 Å². The van der Waals surface area contributed by atoms with Gasteiger partial charge in [-0.3, -0.25) is 9.69 Å². The summed E-state index contributed by atoms with van der Waals surface area (Å²) in [6.07, 6.45) is 1.59. The van der Waals surface area contributed by atoms with Gasteiger partial charge in [0.25, 0.3) is 0 Å². The Balaban J connectivity index is 1.92. The molecule has 24 heavy (non-hydrogen) atoms. The molecule has 1 amide bonds. The number of aromatic nitrogens is 1. The molecule has 2 aromatic rings. The van der Waals surface area contributed by atoms with Crippen LogP contribution in [0.4, 0.5) is 4.39 Å². The van der Waals surface area contributed by atoms with Crippen molar-refractivity contribution in [2.45, 2.75) is 32.7 Å². The van der Waals surface area contributed by atoms with Crippen LogP contribution in [0.5, 0.6) is 0 Å². The maximum Gasteiger partial charge on any atom is 0.241 e. The molecule has 0 saturated heterocycles. The van der Waals surface area contributed by atoms with Gasteiger partial charge in [0, 0.05) is 12.1 Å². The number of likely N-dealkylation sites (N-methyl/N-ethyl adjacent to an activating group) is 1. The summed E-state index contributed by atoms with van der Waals surface area (Å²) < 4.78 is 18.6. The van der Waals surface area contributed by atoms with E-state index < -0.39 is 6.04 Å². The van der Waals surface area contributed by atoms with Gasteiger partial charge in [-0.05, 0) is 58.5 Å². The molecule has 2 rings (SSSR count). The van der Waals surface area contributed by atoms with Crippen molar-refractivity contribution < 1.29 is 13.7 Å². The normalized spacial score (nSPS) is 12.4. The van der Waals surface area contributed by atoms with Crippen molar-refractivity contribution in [3.8, 4) is 0 Å². The molecule has 1 atom stereocenters. The molecular weight excluding hydrogens is 309 g/mol. The van der Waals surface area contributed by atoms with Gasteiger partial charge >= 0.3 is 0 Å². The average Bonchev–Trinajstić information content (AvgIpc) is 2.83. The van der Waals surface area contributed by atoms with Crippen LogP contribution in [-0.4, -0.2) is 36.6 Å². The first kappa shape index (κ1) is 18.1. The predicted molar refractivity (Wildman–Crippen MR) is 90.1 cm³/mol. The third-order valence-corrected chi connectivity index (χ3v) is 4.01. The standard InChI is InChI=1S/C18H24FN3O2/c1-12-16(13(2)24-21-12)9-6-10-20-18(23)17(22(3)4)14-7-5-8-15(19)11-14/h5,7-8,11,17H,6,9-10H2,1-4H3,(H,20,23)/t17-/m0/s1. The lowest BCUT2D eigenvalue weighted by atomic mass is 10.0. The number of rotatable bonds is 7. The minimum atomic E-state index is -0.514. The van der Waals surface area contributed by atoms with Crippen LogP contribution in [0.2, 0.25) is 0 Å². The molecular formula is C18H24FN3O2. The Morgan fingerprint density at radius 2 is 2.12 bits per heavy atom. The molecule has 0 aliphatic carbocycles. The third kappa shape index (κ3) is 4.41. The first-order valence-corrected chi connectivity index (χ1v) is 8.01. The van der Waals surface area contributed by atoms with E-state index in [4.69, 9.17) is 4.52 Å². The van der Waals surface area contributed by atoms with Gasteiger partial charge in [0.2, 0.25) is 5.91 Å². The van der Waals surface area contributed by atoms with Crippen molar-refractivity contribution in [3.05, 3.63) is 52.7 Å². The number of benzene rings is 1. The van der Waals surface area contributed by atoms with Crippen LogP contribution in [-0.2, 0) is 11.2 Å². The minimum Gasteiger partial charge on any atom is -0.361 e. The van der Waals surface area contributed by atoms with Crippen molar-refractivity contribution in [3.63, 3.8) is 0 Å². The van der Waals surface area contributed by atoms with Gasteiger partial charge in [0.1, 0.15) is 17.6 Å². The first-order chi connectivity index (χ1) is 11.4. The van der Waals surface area contributed by atoms with E-state index in [2.05, 4.69) is 10.5 Å². The zero-order chi connectivity index (χ0) is 17.7. The van der Waals surface area contributed by atoms with Gasteiger partial charge in [-0.15, -0.1) is 0 Å². The topological polar surface area (TPSA) is 58.4 Å². The van der Waals surface area contributed by atoms with Crippen LogP contribution in [0.25, 0.3) is 0 Å². The van der Waals surface area contributed by atoms with Gasteiger partial charge in [-0.1, -0.05) is 17.3 Å². The molecule has 0 spiro atoms. The summed E-state index contributed by atoms with van der Waals surface area (Å²) in [5.41, 5.74) is 2.63. The Labute approximate surface area is 141 Å². The minimum absolute atomic E-state index is 0.135. The van der Waals surface area contributed by atoms with E-state index in [-0.39, 0.29) is 11.7 Å². The summed E-state index contributed by atoms with van der Waals surface area (Å²) in [5.74, 6) is 0.347. The molecule has 1 aromatic carbocycles. The van der Waals surface area contributed by atoms with Gasteiger partial charge in [-0.25, -0.2) is 4.39 Å². The second-order valence-electron chi connectivity index (χ2n) is 6.12. The largest absolute Gasteiger partial charge is 0.361 e. The van der Waals surface area contributed by atoms with Crippen LogP contribution in [0.15, 0.2) is 28.8 Å². The number of carbonyl (C=O) groups excluding carboxylic acids is 1. The summed E-state index contributed by atoms with van der Waals surface area (Å²) in [4.78, 5) is 14.3. The molecule has 1 N–H and O–H groups in total. The molecule has 0 unspecified atom stereocenters. The highest BCUT2D eigenvalue weighted by Crippen LogP contribution is 2.19. The van der Waals surface area contributed by atoms with Crippen molar-refractivity contribution >= 4 is 5.91 Å². The van der Waals surface area contributed by atoms with E-state index in [1.165, 1.54) is 12.1 Å². The molecule has 0 bridgehead atoms. The summed E-state index contributed by atoms with van der Waals surface area (Å²) in [6.45, 7) is 4.35. The summed E-state index contributed by atoms with van der Waals surface area (Å²) in [7, 11) is 3.61. The second kappa shape index (κ2) is 8.06. The molecule has 6 heteroatoms. The maximum atomic E-state index is 13.4. The fraction of sp³-hybridized carbons (Fsp3) is 0.444. The summed E-state index contributed by atoms with van der Waals surface area (Å²) in [5, 5.41) is 6.85. The number of halogens is 1. The highest BCUT2D eigenvalue weighted by atomic mass is 19.1. The Morgan fingerprint density at radius 1 is 1.38 bits per heavy atom. The van der Waals surface area contributed by atoms with E-state index in [1.807, 2.05) is 13.8 Å². The van der Waals surface area contributed by atoms with Crippen LogP contribution >= 0.6 is 0 Å². The molecule has 5 nitrogen and oxygen atoms in total. The number of nitrogens with one attached hydrogen (secondary N) is 1. The number of nitrogens with zero attached hydrogens (tertiary/aromatic N) is 2. The van der Waals surface area contributed by atoms with Crippen LogP contribution in [0.3, 0.4) is 0 Å². The lowest BCUT2D eigenvalue weighted by molar-refractivity contribution is -0.125. The van der Waals surface area contributed by atoms with E-state index in [0.29, 0.717) is 12.1 Å². The van der Waals surface area contributed by atoms with Crippen LogP contribution in [0.1, 0.15) is 35.0 Å². The molecule has 0 saturated carbocycles. The summed E-state index contributed by atoms with van der Waals surface area (Å²) in [6, 6.07) is 5.63. The zero-order valence-electron chi connectivity index (χ0n) is 14.6. The highest BCUT2D eigenvalue weighted by Gasteiger charge is 2.22. The molecule has 0 fully saturated rings. The van der Waals surface area contributed by atoms with Crippen molar-refractivity contribution in [1.29, 1.82) is 0 Å². The third-order valence-electron chi connectivity index (χ3n) is 4.01. The number of aryl methyl sites for hydroxylation is 2. The smallest absolute Gasteiger partial charge is 0.241 e. The maximum absolute atomic E-state index is 13.4. The quantitative estimate of drug-likeness (QED) is 0.792. The first-order valence-electron chi connectivity index (χ1n) is 8.01. The average molecular weight is 333 g/mol. The van der Waals surface area contributed by atoms with E-state index in [9.17, 15) is 9.18 Å². The molecule has 130 valence electrons. The van der Waals surface area contributed by atoms with Gasteiger partial charge < -0.3 is 9.84 Å². The SMILES string of the molecule is Cc1noc(C)c1CCCNC(=O)[C@H](c1cccc(F)c1)N(C)C. The Hall–Kier alpha value is -2.21. The van der Waals surface area contributed by atoms with E-state index in [0.717, 1.165) is 29.9 Å². The molecule has 1 heterocycles. The number of amides is 1. The Kier molecular flexibility index (Phi) is 6.09. The highest BCUT2D eigenvalue weighted by molar-refractivity contribution is 5.83. The van der Waals surface area contributed by atoms with Crippen molar-refractivity contribution in [2.75, 3.05) is 20.6 Å². The molecule has 0 radical (unpaired) electrons. The molecule has 0 aliphatic heterocycles. The fourth-order valence-corrected chi connectivity index (χ4v) is 2.79. The zero-order valence-corrected chi connectivity index (χ0v) is 14.6. The van der Waals surface area contributed by atoms with Crippen LogP contribution in [0, 0.1) is 19.7 Å². The van der Waals surface area contributed by atoms with Gasteiger partial charge in [0.05, 0.1) is 5.69 Å². The molecule has 0 aliphatic rings. The monoisotopic (exact) mass is 333 g/mol. The number of hydrogen-bond donors (Lipinski definition) is 1. The van der Waals surface area contributed by atoms with Gasteiger partial charge in [0.15, 0.2) is 0 Å². The lowest BCUT2D eigenvalue weighted by Crippen LogP contribution is -2.37. The van der Waals surface area contributed by atoms with Crippen molar-refractivity contribution in [2.24, 2.45) is 0 Å².